The number of rotatable bonds is 3. The highest BCUT2D eigenvalue weighted by Gasteiger charge is 2.38. The van der Waals surface area contributed by atoms with Gasteiger partial charge in [0, 0.05) is 30.0 Å². The van der Waals surface area contributed by atoms with Crippen LogP contribution in [0.4, 0.5) is 0 Å². The van der Waals surface area contributed by atoms with E-state index < -0.39 is 0 Å². The molecule has 4 rings (SSSR count). The quantitative estimate of drug-likeness (QED) is 0.749. The van der Waals surface area contributed by atoms with Gasteiger partial charge in [-0.2, -0.15) is 0 Å². The van der Waals surface area contributed by atoms with Crippen LogP contribution in [-0.2, 0) is 9.59 Å². The molecule has 144 valence electrons. The van der Waals surface area contributed by atoms with E-state index in [0.717, 1.165) is 16.8 Å². The molecule has 0 radical (unpaired) electrons. The van der Waals surface area contributed by atoms with Gasteiger partial charge in [0.15, 0.2) is 17.3 Å². The zero-order valence-corrected chi connectivity index (χ0v) is 17.0. The van der Waals surface area contributed by atoms with E-state index in [1.54, 1.807) is 12.1 Å². The predicted molar refractivity (Wildman–Crippen MR) is 108 cm³/mol. The maximum atomic E-state index is 13.1. The Labute approximate surface area is 171 Å². The molecule has 2 atom stereocenters. The Hall–Kier alpha value is -2.60. The van der Waals surface area contributed by atoms with Crippen LogP contribution in [0, 0.1) is 0 Å². The van der Waals surface area contributed by atoms with E-state index in [1.807, 2.05) is 30.3 Å². The number of allylic oxidation sites excluding steroid dienone is 2. The number of aromatic hydroxyl groups is 1. The molecule has 0 spiro atoms. The largest absolute Gasteiger partial charge is 0.503 e. The van der Waals surface area contributed by atoms with Crippen molar-refractivity contribution < 1.29 is 19.4 Å². The maximum Gasteiger partial charge on any atom is 0.225 e. The standard InChI is InChI=1S/C22H20BrNO4/c1-28-19-10-14(7-16(23)22(19)27)15-11-20(26)24-17-8-13(9-18(25)21(15)17)12-5-3-2-4-6-12/h2-7,10,13,15,27H,8-9,11H2,1H3,(H,24,26). The van der Waals surface area contributed by atoms with E-state index in [0.29, 0.717) is 28.6 Å². The molecule has 2 aromatic carbocycles. The van der Waals surface area contributed by atoms with E-state index >= 15 is 0 Å². The molecule has 0 aromatic heterocycles. The molecule has 1 aliphatic heterocycles. The number of ketones is 1. The number of ether oxygens (including phenoxy) is 1. The van der Waals surface area contributed by atoms with Crippen molar-refractivity contribution in [1.82, 2.24) is 5.32 Å². The van der Waals surface area contributed by atoms with Gasteiger partial charge in [0.2, 0.25) is 5.91 Å². The second-order valence-electron chi connectivity index (χ2n) is 7.19. The van der Waals surface area contributed by atoms with E-state index in [4.69, 9.17) is 4.74 Å². The number of methoxy groups -OCH3 is 1. The molecule has 0 bridgehead atoms. The zero-order chi connectivity index (χ0) is 19.8. The van der Waals surface area contributed by atoms with Crippen molar-refractivity contribution in [2.45, 2.75) is 31.1 Å². The van der Waals surface area contributed by atoms with Crippen molar-refractivity contribution in [3.63, 3.8) is 0 Å². The van der Waals surface area contributed by atoms with Gasteiger partial charge in [-0.1, -0.05) is 30.3 Å². The third-order valence-corrected chi connectivity index (χ3v) is 6.08. The number of halogens is 1. The first-order valence-electron chi connectivity index (χ1n) is 9.15. The van der Waals surface area contributed by atoms with Gasteiger partial charge < -0.3 is 15.2 Å². The highest BCUT2D eigenvalue weighted by Crippen LogP contribution is 2.45. The van der Waals surface area contributed by atoms with Gasteiger partial charge in [-0.05, 0) is 51.5 Å². The lowest BCUT2D eigenvalue weighted by Crippen LogP contribution is -2.38. The van der Waals surface area contributed by atoms with Crippen molar-refractivity contribution in [3.8, 4) is 11.5 Å². The van der Waals surface area contributed by atoms with Crippen molar-refractivity contribution in [2.24, 2.45) is 0 Å². The Balaban J connectivity index is 1.75. The zero-order valence-electron chi connectivity index (χ0n) is 15.4. The summed E-state index contributed by atoms with van der Waals surface area (Å²) in [6.45, 7) is 0. The van der Waals surface area contributed by atoms with Crippen molar-refractivity contribution >= 4 is 27.6 Å². The lowest BCUT2D eigenvalue weighted by atomic mass is 9.73. The van der Waals surface area contributed by atoms with Crippen LogP contribution in [0.15, 0.2) is 58.2 Å². The first-order chi connectivity index (χ1) is 13.5. The molecule has 2 aromatic rings. The fourth-order valence-corrected chi connectivity index (χ4v) is 4.62. The Morgan fingerprint density at radius 3 is 2.54 bits per heavy atom. The number of phenolic OH excluding ortho intramolecular Hbond substituents is 1. The Bertz CT molecular complexity index is 984. The summed E-state index contributed by atoms with van der Waals surface area (Å²) in [4.78, 5) is 25.5. The van der Waals surface area contributed by atoms with Crippen molar-refractivity contribution in [1.29, 1.82) is 0 Å². The molecule has 1 amide bonds. The number of nitrogens with one attached hydrogen (secondary N) is 1. The summed E-state index contributed by atoms with van der Waals surface area (Å²) in [6.07, 6.45) is 1.25. The number of hydrogen-bond donors (Lipinski definition) is 2. The summed E-state index contributed by atoms with van der Waals surface area (Å²) in [5.74, 6) is -0.0224. The summed E-state index contributed by atoms with van der Waals surface area (Å²) in [5.41, 5.74) is 3.27. The van der Waals surface area contributed by atoms with E-state index in [1.165, 1.54) is 7.11 Å². The Morgan fingerprint density at radius 2 is 1.82 bits per heavy atom. The number of carbonyl (C=O) groups excluding carboxylic acids is 2. The van der Waals surface area contributed by atoms with Gasteiger partial charge >= 0.3 is 0 Å². The van der Waals surface area contributed by atoms with Gasteiger partial charge in [-0.15, -0.1) is 0 Å². The molecule has 5 nitrogen and oxygen atoms in total. The number of amides is 1. The first kappa shape index (κ1) is 18.7. The van der Waals surface area contributed by atoms with E-state index in [-0.39, 0.29) is 35.7 Å². The van der Waals surface area contributed by atoms with Crippen LogP contribution in [0.25, 0.3) is 0 Å². The molecular weight excluding hydrogens is 422 g/mol. The molecule has 1 aliphatic carbocycles. The van der Waals surface area contributed by atoms with Crippen LogP contribution in [0.2, 0.25) is 0 Å². The lowest BCUT2D eigenvalue weighted by Gasteiger charge is -2.34. The average molecular weight is 442 g/mol. The van der Waals surface area contributed by atoms with Gasteiger partial charge in [0.1, 0.15) is 0 Å². The number of hydrogen-bond acceptors (Lipinski definition) is 4. The molecule has 1 heterocycles. The Kier molecular flexibility index (Phi) is 4.98. The van der Waals surface area contributed by atoms with Gasteiger partial charge in [-0.25, -0.2) is 0 Å². The first-order valence-corrected chi connectivity index (χ1v) is 9.94. The third kappa shape index (κ3) is 3.33. The monoisotopic (exact) mass is 441 g/mol. The van der Waals surface area contributed by atoms with Crippen LogP contribution in [-0.4, -0.2) is 23.9 Å². The SMILES string of the molecule is COc1cc(C2CC(=O)NC3=C2C(=O)CC(c2ccccc2)C3)cc(Br)c1O. The second-order valence-corrected chi connectivity index (χ2v) is 8.04. The van der Waals surface area contributed by atoms with Crippen molar-refractivity contribution in [3.05, 3.63) is 69.3 Å². The maximum absolute atomic E-state index is 13.1. The molecule has 28 heavy (non-hydrogen) atoms. The number of phenols is 1. The highest BCUT2D eigenvalue weighted by molar-refractivity contribution is 9.10. The predicted octanol–water partition coefficient (Wildman–Crippen LogP) is 4.17. The minimum atomic E-state index is -0.348. The van der Waals surface area contributed by atoms with Gasteiger partial charge in [0.25, 0.3) is 0 Å². The van der Waals surface area contributed by atoms with Gasteiger partial charge in [0.05, 0.1) is 11.6 Å². The van der Waals surface area contributed by atoms with Crippen LogP contribution >= 0.6 is 15.9 Å². The molecule has 2 N–H and O–H groups in total. The molecule has 6 heteroatoms. The minimum absolute atomic E-state index is 0.000161. The summed E-state index contributed by atoms with van der Waals surface area (Å²) in [6, 6.07) is 13.4. The molecular formula is C22H20BrNO4. The van der Waals surface area contributed by atoms with Crippen LogP contribution in [0.3, 0.4) is 0 Å². The average Bonchev–Trinajstić information content (AvgIpc) is 2.69. The summed E-state index contributed by atoms with van der Waals surface area (Å²) >= 11 is 3.33. The number of benzene rings is 2. The van der Waals surface area contributed by atoms with Gasteiger partial charge in [-0.3, -0.25) is 9.59 Å². The summed E-state index contributed by atoms with van der Waals surface area (Å²) in [5, 5.41) is 13.0. The summed E-state index contributed by atoms with van der Waals surface area (Å²) in [7, 11) is 1.47. The van der Waals surface area contributed by atoms with Crippen LogP contribution in [0.5, 0.6) is 11.5 Å². The van der Waals surface area contributed by atoms with Crippen LogP contribution in [0.1, 0.15) is 42.2 Å². The molecule has 2 aliphatic rings. The number of carbonyl (C=O) groups is 2. The fourth-order valence-electron chi connectivity index (χ4n) is 4.16. The van der Waals surface area contributed by atoms with E-state index in [9.17, 15) is 14.7 Å². The molecule has 0 saturated carbocycles. The molecule has 2 unspecified atom stereocenters. The molecule has 0 saturated heterocycles. The second kappa shape index (κ2) is 7.43. The highest BCUT2D eigenvalue weighted by atomic mass is 79.9. The normalized spacial score (nSPS) is 21.9. The van der Waals surface area contributed by atoms with E-state index in [2.05, 4.69) is 21.2 Å². The number of Topliss-reactive ketones (excluding diaryl/α,β-unsaturated/α-hetero) is 1. The topological polar surface area (TPSA) is 75.6 Å². The third-order valence-electron chi connectivity index (χ3n) is 5.48. The van der Waals surface area contributed by atoms with Crippen molar-refractivity contribution in [2.75, 3.05) is 7.11 Å². The fraction of sp³-hybridized carbons (Fsp3) is 0.273. The minimum Gasteiger partial charge on any atom is -0.503 e. The Morgan fingerprint density at radius 1 is 1.07 bits per heavy atom. The lowest BCUT2D eigenvalue weighted by molar-refractivity contribution is -0.122. The van der Waals surface area contributed by atoms with Crippen LogP contribution < -0.4 is 10.1 Å². The molecule has 0 fully saturated rings. The smallest absolute Gasteiger partial charge is 0.225 e. The summed E-state index contributed by atoms with van der Waals surface area (Å²) < 4.78 is 5.71.